The Morgan fingerprint density at radius 2 is 2.22 bits per heavy atom. The van der Waals surface area contributed by atoms with Gasteiger partial charge in [-0.2, -0.15) is 0 Å². The fraction of sp³-hybridized carbons (Fsp3) is 0.615. The maximum atomic E-state index is 10.3. The molecule has 100 valence electrons. The highest BCUT2D eigenvalue weighted by atomic mass is 16.5. The average molecular weight is 251 g/mol. The standard InChI is InChI=1S/C13H21N3O2/c1-18-13-10(5-4-6-15-13)12(17)11(14)9-16-7-2-3-8-16/h4-6,11-12,17H,2-3,7-9,14H2,1H3/t11-,12-/m0/s1. The molecule has 2 heterocycles. The zero-order chi connectivity index (χ0) is 13.0. The summed E-state index contributed by atoms with van der Waals surface area (Å²) in [5.41, 5.74) is 6.74. The number of aliphatic hydroxyl groups is 1. The van der Waals surface area contributed by atoms with Crippen molar-refractivity contribution >= 4 is 0 Å². The lowest BCUT2D eigenvalue weighted by molar-refractivity contribution is 0.122. The largest absolute Gasteiger partial charge is 0.481 e. The van der Waals surface area contributed by atoms with Crippen molar-refractivity contribution in [3.8, 4) is 5.88 Å². The van der Waals surface area contributed by atoms with Gasteiger partial charge in [0, 0.05) is 24.3 Å². The number of hydrogen-bond acceptors (Lipinski definition) is 5. The van der Waals surface area contributed by atoms with Crippen LogP contribution in [0.25, 0.3) is 0 Å². The second-order valence-corrected chi connectivity index (χ2v) is 4.72. The monoisotopic (exact) mass is 251 g/mol. The summed E-state index contributed by atoms with van der Waals surface area (Å²) >= 11 is 0. The van der Waals surface area contributed by atoms with Gasteiger partial charge in [0.1, 0.15) is 6.10 Å². The van der Waals surface area contributed by atoms with Crippen molar-refractivity contribution < 1.29 is 9.84 Å². The Balaban J connectivity index is 2.02. The van der Waals surface area contributed by atoms with E-state index in [2.05, 4.69) is 9.88 Å². The second-order valence-electron chi connectivity index (χ2n) is 4.72. The average Bonchev–Trinajstić information content (AvgIpc) is 2.90. The van der Waals surface area contributed by atoms with Crippen LogP contribution in [0.2, 0.25) is 0 Å². The molecule has 0 aromatic carbocycles. The summed E-state index contributed by atoms with van der Waals surface area (Å²) in [7, 11) is 1.55. The molecule has 1 aromatic rings. The first-order valence-electron chi connectivity index (χ1n) is 6.37. The summed E-state index contributed by atoms with van der Waals surface area (Å²) in [6, 6.07) is 3.27. The number of nitrogens with zero attached hydrogens (tertiary/aromatic N) is 2. The normalized spacial score (nSPS) is 19.7. The Bertz CT molecular complexity index is 380. The van der Waals surface area contributed by atoms with Crippen LogP contribution >= 0.6 is 0 Å². The molecule has 0 spiro atoms. The van der Waals surface area contributed by atoms with Crippen molar-refractivity contribution in [1.82, 2.24) is 9.88 Å². The number of pyridine rings is 1. The van der Waals surface area contributed by atoms with E-state index < -0.39 is 6.10 Å². The van der Waals surface area contributed by atoms with Gasteiger partial charge in [-0.25, -0.2) is 4.98 Å². The van der Waals surface area contributed by atoms with Crippen LogP contribution in [0.1, 0.15) is 24.5 Å². The molecule has 1 aromatic heterocycles. The molecule has 5 heteroatoms. The van der Waals surface area contributed by atoms with Gasteiger partial charge in [-0.05, 0) is 38.1 Å². The highest BCUT2D eigenvalue weighted by Crippen LogP contribution is 2.24. The fourth-order valence-electron chi connectivity index (χ4n) is 2.39. The number of hydrogen-bond donors (Lipinski definition) is 2. The first kappa shape index (κ1) is 13.3. The highest BCUT2D eigenvalue weighted by Gasteiger charge is 2.24. The van der Waals surface area contributed by atoms with Crippen molar-refractivity contribution in [2.24, 2.45) is 5.73 Å². The summed E-state index contributed by atoms with van der Waals surface area (Å²) in [5.74, 6) is 0.446. The Morgan fingerprint density at radius 1 is 1.50 bits per heavy atom. The van der Waals surface area contributed by atoms with Crippen LogP contribution in [0.15, 0.2) is 18.3 Å². The maximum absolute atomic E-state index is 10.3. The van der Waals surface area contributed by atoms with Crippen LogP contribution in [0.4, 0.5) is 0 Å². The summed E-state index contributed by atoms with van der Waals surface area (Å²) < 4.78 is 5.15. The molecule has 1 fully saturated rings. The van der Waals surface area contributed by atoms with Crippen LogP contribution < -0.4 is 10.5 Å². The molecular formula is C13H21N3O2. The lowest BCUT2D eigenvalue weighted by Gasteiger charge is -2.25. The summed E-state index contributed by atoms with van der Waals surface area (Å²) in [5, 5.41) is 10.3. The zero-order valence-corrected chi connectivity index (χ0v) is 10.7. The smallest absolute Gasteiger partial charge is 0.218 e. The van der Waals surface area contributed by atoms with E-state index in [1.807, 2.05) is 0 Å². The Labute approximate surface area is 108 Å². The van der Waals surface area contributed by atoms with Gasteiger partial charge in [0.05, 0.1) is 7.11 Å². The van der Waals surface area contributed by atoms with E-state index in [0.29, 0.717) is 18.0 Å². The zero-order valence-electron chi connectivity index (χ0n) is 10.7. The van der Waals surface area contributed by atoms with Gasteiger partial charge >= 0.3 is 0 Å². The second kappa shape index (κ2) is 6.13. The van der Waals surface area contributed by atoms with Gasteiger partial charge in [0.25, 0.3) is 0 Å². The van der Waals surface area contributed by atoms with E-state index >= 15 is 0 Å². The van der Waals surface area contributed by atoms with E-state index in [1.165, 1.54) is 12.8 Å². The van der Waals surface area contributed by atoms with E-state index in [4.69, 9.17) is 10.5 Å². The lowest BCUT2D eigenvalue weighted by Crippen LogP contribution is -2.40. The summed E-state index contributed by atoms with van der Waals surface area (Å²) in [4.78, 5) is 6.37. The first-order chi connectivity index (χ1) is 8.72. The van der Waals surface area contributed by atoms with Gasteiger partial charge in [-0.1, -0.05) is 0 Å². The SMILES string of the molecule is COc1ncccc1[C@H](O)[C@@H](N)CN1CCCC1. The van der Waals surface area contributed by atoms with Crippen molar-refractivity contribution in [2.75, 3.05) is 26.7 Å². The number of likely N-dealkylation sites (tertiary alicyclic amines) is 1. The van der Waals surface area contributed by atoms with E-state index in [0.717, 1.165) is 13.1 Å². The van der Waals surface area contributed by atoms with Crippen LogP contribution in [0.5, 0.6) is 5.88 Å². The van der Waals surface area contributed by atoms with Gasteiger partial charge in [-0.3, -0.25) is 0 Å². The quantitative estimate of drug-likeness (QED) is 0.799. The predicted molar refractivity (Wildman–Crippen MR) is 69.4 cm³/mol. The topological polar surface area (TPSA) is 71.6 Å². The minimum Gasteiger partial charge on any atom is -0.481 e. The minimum atomic E-state index is -0.741. The molecular weight excluding hydrogens is 230 g/mol. The summed E-state index contributed by atoms with van der Waals surface area (Å²) in [6.45, 7) is 2.86. The molecule has 1 aliphatic rings. The summed E-state index contributed by atoms with van der Waals surface area (Å²) in [6.07, 6.45) is 3.34. The Kier molecular flexibility index (Phi) is 4.52. The van der Waals surface area contributed by atoms with Gasteiger partial charge in [-0.15, -0.1) is 0 Å². The Hall–Kier alpha value is -1.17. The van der Waals surface area contributed by atoms with Crippen LogP contribution in [-0.4, -0.2) is 47.8 Å². The molecule has 1 saturated heterocycles. The molecule has 0 saturated carbocycles. The van der Waals surface area contributed by atoms with Crippen molar-refractivity contribution in [1.29, 1.82) is 0 Å². The molecule has 0 bridgehead atoms. The number of aromatic nitrogens is 1. The third kappa shape index (κ3) is 2.98. The molecule has 1 aliphatic heterocycles. The molecule has 0 aliphatic carbocycles. The van der Waals surface area contributed by atoms with Crippen LogP contribution in [0.3, 0.4) is 0 Å². The maximum Gasteiger partial charge on any atom is 0.218 e. The molecule has 18 heavy (non-hydrogen) atoms. The van der Waals surface area contributed by atoms with Crippen LogP contribution in [-0.2, 0) is 0 Å². The molecule has 5 nitrogen and oxygen atoms in total. The Morgan fingerprint density at radius 3 is 2.89 bits per heavy atom. The molecule has 2 rings (SSSR count). The molecule has 2 atom stereocenters. The lowest BCUT2D eigenvalue weighted by atomic mass is 10.0. The third-order valence-corrected chi connectivity index (χ3v) is 3.39. The molecule has 3 N–H and O–H groups in total. The fourth-order valence-corrected chi connectivity index (χ4v) is 2.39. The van der Waals surface area contributed by atoms with Gasteiger partial charge in [0.15, 0.2) is 0 Å². The van der Waals surface area contributed by atoms with E-state index in [9.17, 15) is 5.11 Å². The van der Waals surface area contributed by atoms with Gasteiger partial charge in [0.2, 0.25) is 5.88 Å². The molecule has 0 amide bonds. The molecule has 0 unspecified atom stereocenters. The van der Waals surface area contributed by atoms with E-state index in [1.54, 1.807) is 25.4 Å². The van der Waals surface area contributed by atoms with Gasteiger partial charge < -0.3 is 20.5 Å². The van der Waals surface area contributed by atoms with Crippen molar-refractivity contribution in [3.63, 3.8) is 0 Å². The van der Waals surface area contributed by atoms with Crippen LogP contribution in [0, 0.1) is 0 Å². The van der Waals surface area contributed by atoms with Crippen molar-refractivity contribution in [2.45, 2.75) is 25.0 Å². The third-order valence-electron chi connectivity index (χ3n) is 3.39. The van der Waals surface area contributed by atoms with E-state index in [-0.39, 0.29) is 6.04 Å². The highest BCUT2D eigenvalue weighted by molar-refractivity contribution is 5.28. The number of nitrogens with two attached hydrogens (primary N) is 1. The number of rotatable bonds is 5. The minimum absolute atomic E-state index is 0.318. The number of aliphatic hydroxyl groups excluding tert-OH is 1. The molecule has 0 radical (unpaired) electrons. The first-order valence-corrected chi connectivity index (χ1v) is 6.37. The number of ether oxygens (including phenoxy) is 1. The predicted octanol–water partition coefficient (Wildman–Crippen LogP) is 0.547. The number of methoxy groups -OCH3 is 1. The van der Waals surface area contributed by atoms with Crippen molar-refractivity contribution in [3.05, 3.63) is 23.9 Å².